The third-order valence-electron chi connectivity index (χ3n) is 10.8. The first-order chi connectivity index (χ1) is 26.0. The Morgan fingerprint density at radius 1 is 0.509 bits per heavy atom. The molecule has 0 fully saturated rings. The third-order valence-corrected chi connectivity index (χ3v) is 10.8. The summed E-state index contributed by atoms with van der Waals surface area (Å²) in [6, 6.07) is -0.558. The van der Waals surface area contributed by atoms with Gasteiger partial charge >= 0.3 is 5.97 Å². The fraction of sp³-hybridized carbons (Fsp3) is 0.915. The quantitative estimate of drug-likeness (QED) is 0.0328. The van der Waals surface area contributed by atoms with E-state index in [-0.39, 0.29) is 18.5 Å². The summed E-state index contributed by atoms with van der Waals surface area (Å²) in [5.74, 6) is -0.0784. The van der Waals surface area contributed by atoms with Crippen molar-refractivity contribution < 1.29 is 24.5 Å². The molecule has 314 valence electrons. The van der Waals surface area contributed by atoms with Gasteiger partial charge in [-0.05, 0) is 51.4 Å². The second-order valence-electron chi connectivity index (χ2n) is 16.1. The first kappa shape index (κ1) is 51.6. The summed E-state index contributed by atoms with van der Waals surface area (Å²) in [6.07, 6.45) is 47.5. The highest BCUT2D eigenvalue weighted by Gasteiger charge is 2.20. The zero-order chi connectivity index (χ0) is 38.7. The fourth-order valence-electron chi connectivity index (χ4n) is 7.16. The Hall–Kier alpha value is -1.40. The van der Waals surface area contributed by atoms with Crippen molar-refractivity contribution in [3.63, 3.8) is 0 Å². The van der Waals surface area contributed by atoms with E-state index in [9.17, 15) is 19.8 Å². The van der Waals surface area contributed by atoms with Crippen molar-refractivity contribution in [2.24, 2.45) is 0 Å². The van der Waals surface area contributed by atoms with Gasteiger partial charge in [-0.3, -0.25) is 9.59 Å². The Bertz CT molecular complexity index is 787. The Labute approximate surface area is 329 Å². The first-order valence-electron chi connectivity index (χ1n) is 23.4. The van der Waals surface area contributed by atoms with Gasteiger partial charge < -0.3 is 20.3 Å². The molecule has 53 heavy (non-hydrogen) atoms. The van der Waals surface area contributed by atoms with Gasteiger partial charge in [-0.25, -0.2) is 0 Å². The maximum absolute atomic E-state index is 12.3. The lowest BCUT2D eigenvalue weighted by Crippen LogP contribution is -2.45. The van der Waals surface area contributed by atoms with E-state index in [4.69, 9.17) is 4.74 Å². The second kappa shape index (κ2) is 43.3. The molecule has 6 heteroatoms. The summed E-state index contributed by atoms with van der Waals surface area (Å²) in [4.78, 5) is 24.3. The predicted molar refractivity (Wildman–Crippen MR) is 227 cm³/mol. The molecule has 0 aromatic rings. The smallest absolute Gasteiger partial charge is 0.305 e. The van der Waals surface area contributed by atoms with Crippen molar-refractivity contribution in [1.29, 1.82) is 0 Å². The highest BCUT2D eigenvalue weighted by atomic mass is 16.5. The number of aliphatic hydroxyl groups excluding tert-OH is 2. The summed E-state index contributed by atoms with van der Waals surface area (Å²) in [7, 11) is 0. The molecule has 2 unspecified atom stereocenters. The number of hydrogen-bond acceptors (Lipinski definition) is 5. The van der Waals surface area contributed by atoms with Crippen LogP contribution in [-0.4, -0.2) is 47.4 Å². The van der Waals surface area contributed by atoms with Crippen LogP contribution in [0.15, 0.2) is 12.2 Å². The summed E-state index contributed by atoms with van der Waals surface area (Å²) in [5, 5.41) is 23.0. The molecular weight excluding hydrogens is 659 g/mol. The van der Waals surface area contributed by atoms with E-state index in [0.29, 0.717) is 25.9 Å². The SMILES string of the molecule is CCCCCCCCCCCCCCCCC(=O)OCCCCCCCC/C=C\CCCCCC(=O)NC(CO)C(O)CCCCCCCCCCC. The maximum Gasteiger partial charge on any atom is 0.305 e. The Morgan fingerprint density at radius 2 is 0.887 bits per heavy atom. The number of ether oxygens (including phenoxy) is 1. The molecule has 0 radical (unpaired) electrons. The van der Waals surface area contributed by atoms with Crippen LogP contribution in [0, 0.1) is 0 Å². The predicted octanol–water partition coefficient (Wildman–Crippen LogP) is 13.4. The summed E-state index contributed by atoms with van der Waals surface area (Å²) in [5.41, 5.74) is 0. The van der Waals surface area contributed by atoms with Crippen molar-refractivity contribution in [3.05, 3.63) is 12.2 Å². The number of carbonyl (C=O) groups excluding carboxylic acids is 2. The Kier molecular flexibility index (Phi) is 42.2. The Morgan fingerprint density at radius 3 is 1.36 bits per heavy atom. The number of hydrogen-bond donors (Lipinski definition) is 3. The molecule has 0 aromatic heterocycles. The van der Waals surface area contributed by atoms with Gasteiger partial charge in [0, 0.05) is 12.8 Å². The van der Waals surface area contributed by atoms with Gasteiger partial charge in [-0.2, -0.15) is 0 Å². The van der Waals surface area contributed by atoms with Gasteiger partial charge in [0.15, 0.2) is 0 Å². The Balaban J connectivity index is 3.47. The van der Waals surface area contributed by atoms with E-state index in [0.717, 1.165) is 70.6 Å². The molecule has 3 N–H and O–H groups in total. The summed E-state index contributed by atoms with van der Waals surface area (Å²) < 4.78 is 5.45. The zero-order valence-electron chi connectivity index (χ0n) is 35.5. The lowest BCUT2D eigenvalue weighted by atomic mass is 10.0. The van der Waals surface area contributed by atoms with Crippen LogP contribution in [0.3, 0.4) is 0 Å². The fourth-order valence-corrected chi connectivity index (χ4v) is 7.16. The van der Waals surface area contributed by atoms with Crippen LogP contribution in [-0.2, 0) is 14.3 Å². The van der Waals surface area contributed by atoms with Crippen LogP contribution < -0.4 is 5.32 Å². The molecule has 0 saturated carbocycles. The number of esters is 1. The third kappa shape index (κ3) is 40.1. The number of unbranched alkanes of at least 4 members (excludes halogenated alkanes) is 30. The number of rotatable bonds is 43. The monoisotopic (exact) mass is 750 g/mol. The van der Waals surface area contributed by atoms with Crippen molar-refractivity contribution in [1.82, 2.24) is 5.32 Å². The molecular formula is C47H91NO5. The van der Waals surface area contributed by atoms with Crippen molar-refractivity contribution in [2.45, 2.75) is 264 Å². The molecule has 0 heterocycles. The number of carbonyl (C=O) groups is 2. The van der Waals surface area contributed by atoms with E-state index in [1.807, 2.05) is 0 Å². The van der Waals surface area contributed by atoms with Crippen LogP contribution in [0.25, 0.3) is 0 Å². The molecule has 0 spiro atoms. The van der Waals surface area contributed by atoms with Gasteiger partial charge in [0.25, 0.3) is 0 Å². The number of amides is 1. The minimum Gasteiger partial charge on any atom is -0.466 e. The molecule has 0 aromatic carbocycles. The average Bonchev–Trinajstić information content (AvgIpc) is 3.16. The van der Waals surface area contributed by atoms with Crippen LogP contribution >= 0.6 is 0 Å². The van der Waals surface area contributed by atoms with Crippen LogP contribution in [0.1, 0.15) is 251 Å². The van der Waals surface area contributed by atoms with Gasteiger partial charge in [-0.15, -0.1) is 0 Å². The minimum atomic E-state index is -0.677. The van der Waals surface area contributed by atoms with Gasteiger partial charge in [0.05, 0.1) is 25.4 Å². The van der Waals surface area contributed by atoms with E-state index in [1.165, 1.54) is 148 Å². The molecule has 0 aliphatic heterocycles. The topological polar surface area (TPSA) is 95.9 Å². The standard InChI is InChI=1S/C47H91NO5/c1-3-5-7-9-11-13-14-15-18-21-25-29-33-37-41-47(52)53-42-38-34-30-26-22-19-16-17-20-24-28-32-36-40-46(51)48-44(43-49)45(50)39-35-31-27-23-12-10-8-6-4-2/h17,20,44-45,49-50H,3-16,18-19,21-43H2,1-2H3,(H,48,51)/b20-17-. The van der Waals surface area contributed by atoms with Crippen molar-refractivity contribution in [2.75, 3.05) is 13.2 Å². The van der Waals surface area contributed by atoms with Gasteiger partial charge in [0.2, 0.25) is 5.91 Å². The molecule has 0 saturated heterocycles. The molecule has 0 bridgehead atoms. The lowest BCUT2D eigenvalue weighted by molar-refractivity contribution is -0.143. The van der Waals surface area contributed by atoms with Crippen LogP contribution in [0.2, 0.25) is 0 Å². The maximum atomic E-state index is 12.3. The average molecular weight is 750 g/mol. The second-order valence-corrected chi connectivity index (χ2v) is 16.1. The van der Waals surface area contributed by atoms with Gasteiger partial charge in [-0.1, -0.05) is 199 Å². The number of aliphatic hydroxyl groups is 2. The molecule has 0 aliphatic rings. The summed E-state index contributed by atoms with van der Waals surface area (Å²) in [6.45, 7) is 4.88. The molecule has 1 amide bonds. The zero-order valence-corrected chi connectivity index (χ0v) is 35.5. The normalized spacial score (nSPS) is 12.8. The van der Waals surface area contributed by atoms with E-state index in [1.54, 1.807) is 0 Å². The van der Waals surface area contributed by atoms with E-state index in [2.05, 4.69) is 31.3 Å². The summed E-state index contributed by atoms with van der Waals surface area (Å²) >= 11 is 0. The van der Waals surface area contributed by atoms with Gasteiger partial charge in [0.1, 0.15) is 0 Å². The number of allylic oxidation sites excluding steroid dienone is 2. The molecule has 0 aliphatic carbocycles. The highest BCUT2D eigenvalue weighted by molar-refractivity contribution is 5.76. The lowest BCUT2D eigenvalue weighted by Gasteiger charge is -2.22. The molecule has 6 nitrogen and oxygen atoms in total. The number of nitrogens with one attached hydrogen (secondary N) is 1. The van der Waals surface area contributed by atoms with Crippen molar-refractivity contribution >= 4 is 11.9 Å². The largest absolute Gasteiger partial charge is 0.466 e. The van der Waals surface area contributed by atoms with Crippen LogP contribution in [0.5, 0.6) is 0 Å². The molecule has 2 atom stereocenters. The first-order valence-corrected chi connectivity index (χ1v) is 23.4. The van der Waals surface area contributed by atoms with Crippen molar-refractivity contribution in [3.8, 4) is 0 Å². The van der Waals surface area contributed by atoms with Crippen LogP contribution in [0.4, 0.5) is 0 Å². The van der Waals surface area contributed by atoms with E-state index < -0.39 is 12.1 Å². The minimum absolute atomic E-state index is 0.0110. The van der Waals surface area contributed by atoms with E-state index >= 15 is 0 Å². The molecule has 0 rings (SSSR count). The highest BCUT2D eigenvalue weighted by Crippen LogP contribution is 2.15.